The van der Waals surface area contributed by atoms with Gasteiger partial charge in [0.15, 0.2) is 0 Å². The van der Waals surface area contributed by atoms with Gasteiger partial charge in [0.05, 0.1) is 30.4 Å². The SMILES string of the molecule is CCOc1cc(/C(O)=C2\C(=O)C(=O)N(c3cccc(OC)c3)C2c2ccccc2)ccc1Cl. The van der Waals surface area contributed by atoms with E-state index in [1.54, 1.807) is 42.5 Å². The van der Waals surface area contributed by atoms with Crippen molar-refractivity contribution in [3.63, 3.8) is 0 Å². The Morgan fingerprint density at radius 2 is 1.79 bits per heavy atom. The highest BCUT2D eigenvalue weighted by Crippen LogP contribution is 2.43. The van der Waals surface area contributed by atoms with E-state index in [-0.39, 0.29) is 11.3 Å². The number of benzene rings is 3. The molecule has 0 spiro atoms. The first-order chi connectivity index (χ1) is 16.0. The third-order valence-corrected chi connectivity index (χ3v) is 5.71. The minimum absolute atomic E-state index is 0.0150. The second kappa shape index (κ2) is 9.38. The van der Waals surface area contributed by atoms with Gasteiger partial charge in [0.1, 0.15) is 17.3 Å². The molecule has 168 valence electrons. The molecular weight excluding hydrogens is 442 g/mol. The molecule has 0 aliphatic carbocycles. The Labute approximate surface area is 196 Å². The monoisotopic (exact) mass is 463 g/mol. The Morgan fingerprint density at radius 3 is 2.48 bits per heavy atom. The number of anilines is 1. The van der Waals surface area contributed by atoms with Gasteiger partial charge in [-0.15, -0.1) is 0 Å². The second-order valence-electron chi connectivity index (χ2n) is 7.36. The molecule has 0 radical (unpaired) electrons. The summed E-state index contributed by atoms with van der Waals surface area (Å²) in [6.07, 6.45) is 0. The van der Waals surface area contributed by atoms with Gasteiger partial charge in [0.25, 0.3) is 11.7 Å². The van der Waals surface area contributed by atoms with E-state index in [4.69, 9.17) is 21.1 Å². The molecule has 3 aromatic rings. The molecule has 0 saturated carbocycles. The van der Waals surface area contributed by atoms with Gasteiger partial charge in [-0.2, -0.15) is 0 Å². The summed E-state index contributed by atoms with van der Waals surface area (Å²) < 4.78 is 10.8. The van der Waals surface area contributed by atoms with E-state index >= 15 is 0 Å². The number of hydrogen-bond acceptors (Lipinski definition) is 5. The molecule has 1 aliphatic rings. The van der Waals surface area contributed by atoms with Gasteiger partial charge in [-0.05, 0) is 42.8 Å². The van der Waals surface area contributed by atoms with Crippen molar-refractivity contribution in [2.45, 2.75) is 13.0 Å². The van der Waals surface area contributed by atoms with Gasteiger partial charge >= 0.3 is 0 Å². The maximum atomic E-state index is 13.2. The lowest BCUT2D eigenvalue weighted by Gasteiger charge is -2.25. The average molecular weight is 464 g/mol. The summed E-state index contributed by atoms with van der Waals surface area (Å²) in [7, 11) is 1.53. The molecule has 3 aromatic carbocycles. The number of halogens is 1. The quantitative estimate of drug-likeness (QED) is 0.302. The minimum atomic E-state index is -0.829. The van der Waals surface area contributed by atoms with E-state index in [9.17, 15) is 14.7 Å². The van der Waals surface area contributed by atoms with Gasteiger partial charge in [-0.1, -0.05) is 48.0 Å². The average Bonchev–Trinajstić information content (AvgIpc) is 3.11. The van der Waals surface area contributed by atoms with Crippen molar-refractivity contribution in [3.8, 4) is 11.5 Å². The van der Waals surface area contributed by atoms with Crippen LogP contribution in [0.15, 0.2) is 78.4 Å². The number of ketones is 1. The lowest BCUT2D eigenvalue weighted by molar-refractivity contribution is -0.132. The molecule has 1 amide bonds. The van der Waals surface area contributed by atoms with Crippen LogP contribution >= 0.6 is 11.6 Å². The number of rotatable bonds is 6. The molecule has 0 aromatic heterocycles. The molecule has 1 atom stereocenters. The van der Waals surface area contributed by atoms with Crippen molar-refractivity contribution >= 4 is 34.7 Å². The van der Waals surface area contributed by atoms with Gasteiger partial charge in [0, 0.05) is 17.3 Å². The normalized spacial score (nSPS) is 17.3. The van der Waals surface area contributed by atoms with Crippen LogP contribution in [0, 0.1) is 0 Å². The Balaban J connectivity index is 1.92. The molecule has 7 heteroatoms. The fourth-order valence-electron chi connectivity index (χ4n) is 3.88. The standard InChI is InChI=1S/C26H22ClNO5/c1-3-33-21-14-17(12-13-20(21)27)24(29)22-23(16-8-5-4-6-9-16)28(26(31)25(22)30)18-10-7-11-19(15-18)32-2/h4-15,23,29H,3H2,1-2H3/b24-22+. The smallest absolute Gasteiger partial charge is 0.300 e. The zero-order valence-corrected chi connectivity index (χ0v) is 18.9. The molecule has 1 heterocycles. The second-order valence-corrected chi connectivity index (χ2v) is 7.77. The van der Waals surface area contributed by atoms with Crippen molar-refractivity contribution < 1.29 is 24.2 Å². The molecule has 6 nitrogen and oxygen atoms in total. The number of amides is 1. The first-order valence-electron chi connectivity index (χ1n) is 10.4. The molecule has 1 aliphatic heterocycles. The summed E-state index contributed by atoms with van der Waals surface area (Å²) in [5, 5.41) is 11.6. The number of methoxy groups -OCH3 is 1. The van der Waals surface area contributed by atoms with Gasteiger partial charge in [0.2, 0.25) is 0 Å². The van der Waals surface area contributed by atoms with Crippen LogP contribution in [0.4, 0.5) is 5.69 Å². The summed E-state index contributed by atoms with van der Waals surface area (Å²) in [5.41, 5.74) is 1.47. The fraction of sp³-hybridized carbons (Fsp3) is 0.154. The lowest BCUT2D eigenvalue weighted by atomic mass is 9.95. The predicted molar refractivity (Wildman–Crippen MR) is 127 cm³/mol. The van der Waals surface area contributed by atoms with Crippen LogP contribution in [0.5, 0.6) is 11.5 Å². The Kier molecular flexibility index (Phi) is 6.38. The van der Waals surface area contributed by atoms with Crippen LogP contribution in [-0.4, -0.2) is 30.5 Å². The van der Waals surface area contributed by atoms with E-state index in [0.29, 0.717) is 39.9 Å². The first kappa shape index (κ1) is 22.4. The highest BCUT2D eigenvalue weighted by Gasteiger charge is 2.47. The topological polar surface area (TPSA) is 76.1 Å². The van der Waals surface area contributed by atoms with Gasteiger partial charge in [-0.25, -0.2) is 0 Å². The molecule has 1 N–H and O–H groups in total. The number of carbonyl (C=O) groups is 2. The predicted octanol–water partition coefficient (Wildman–Crippen LogP) is 5.37. The largest absolute Gasteiger partial charge is 0.507 e. The first-order valence-corrected chi connectivity index (χ1v) is 10.8. The van der Waals surface area contributed by atoms with E-state index < -0.39 is 17.7 Å². The van der Waals surface area contributed by atoms with E-state index in [1.807, 2.05) is 37.3 Å². The zero-order chi connectivity index (χ0) is 23.5. The van der Waals surface area contributed by atoms with Crippen LogP contribution < -0.4 is 14.4 Å². The molecule has 1 fully saturated rings. The van der Waals surface area contributed by atoms with Crippen molar-refractivity contribution in [1.29, 1.82) is 0 Å². The maximum Gasteiger partial charge on any atom is 0.300 e. The molecule has 4 rings (SSSR count). The molecule has 33 heavy (non-hydrogen) atoms. The minimum Gasteiger partial charge on any atom is -0.507 e. The summed E-state index contributed by atoms with van der Waals surface area (Å²) in [5.74, 6) is -0.901. The summed E-state index contributed by atoms with van der Waals surface area (Å²) >= 11 is 6.18. The number of aliphatic hydroxyl groups excluding tert-OH is 1. The molecule has 1 saturated heterocycles. The molecular formula is C26H22ClNO5. The molecule has 0 bridgehead atoms. The third-order valence-electron chi connectivity index (χ3n) is 5.40. The fourth-order valence-corrected chi connectivity index (χ4v) is 4.05. The number of ether oxygens (including phenoxy) is 2. The number of aliphatic hydroxyl groups is 1. The van der Waals surface area contributed by atoms with Gasteiger partial charge in [-0.3, -0.25) is 14.5 Å². The van der Waals surface area contributed by atoms with Crippen LogP contribution in [0.1, 0.15) is 24.1 Å². The summed E-state index contributed by atoms with van der Waals surface area (Å²) in [6, 6.07) is 19.9. The van der Waals surface area contributed by atoms with E-state index in [0.717, 1.165) is 0 Å². The van der Waals surface area contributed by atoms with Crippen molar-refractivity contribution in [1.82, 2.24) is 0 Å². The summed E-state index contributed by atoms with van der Waals surface area (Å²) in [4.78, 5) is 27.8. The number of Topliss-reactive ketones (excluding diaryl/α,β-unsaturated/α-hetero) is 1. The van der Waals surface area contributed by atoms with Gasteiger partial charge < -0.3 is 14.6 Å². The highest BCUT2D eigenvalue weighted by molar-refractivity contribution is 6.51. The summed E-state index contributed by atoms with van der Waals surface area (Å²) in [6.45, 7) is 2.20. The van der Waals surface area contributed by atoms with Crippen LogP contribution in [0.3, 0.4) is 0 Å². The van der Waals surface area contributed by atoms with Crippen molar-refractivity contribution in [2.24, 2.45) is 0 Å². The highest BCUT2D eigenvalue weighted by atomic mass is 35.5. The number of nitrogens with zero attached hydrogens (tertiary/aromatic N) is 1. The molecule has 1 unspecified atom stereocenters. The van der Waals surface area contributed by atoms with Crippen LogP contribution in [0.25, 0.3) is 5.76 Å². The Morgan fingerprint density at radius 1 is 1.03 bits per heavy atom. The Bertz CT molecular complexity index is 1240. The van der Waals surface area contributed by atoms with Crippen LogP contribution in [-0.2, 0) is 9.59 Å². The lowest BCUT2D eigenvalue weighted by Crippen LogP contribution is -2.29. The van der Waals surface area contributed by atoms with E-state index in [1.165, 1.54) is 12.0 Å². The van der Waals surface area contributed by atoms with Crippen molar-refractivity contribution in [3.05, 3.63) is 94.5 Å². The third kappa shape index (κ3) is 4.17. The maximum absolute atomic E-state index is 13.2. The van der Waals surface area contributed by atoms with Crippen LogP contribution in [0.2, 0.25) is 5.02 Å². The Hall–Kier alpha value is -3.77. The van der Waals surface area contributed by atoms with Crippen molar-refractivity contribution in [2.75, 3.05) is 18.6 Å². The number of hydrogen-bond donors (Lipinski definition) is 1. The van der Waals surface area contributed by atoms with E-state index in [2.05, 4.69) is 0 Å². The zero-order valence-electron chi connectivity index (χ0n) is 18.1. The number of carbonyl (C=O) groups excluding carboxylic acids is 2.